The molecule has 0 aromatic carbocycles. The molecule has 0 bridgehead atoms. The van der Waals surface area contributed by atoms with Crippen molar-refractivity contribution in [3.05, 3.63) is 24.7 Å². The van der Waals surface area contributed by atoms with Crippen LogP contribution in [0.5, 0.6) is 0 Å². The number of nitrogens with zero attached hydrogens (tertiary/aromatic N) is 3. The molecule has 0 saturated carbocycles. The van der Waals surface area contributed by atoms with Gasteiger partial charge in [0.1, 0.15) is 6.33 Å². The summed E-state index contributed by atoms with van der Waals surface area (Å²) < 4.78 is 1.63. The molecule has 50 valence electrons. The highest BCUT2D eigenvalue weighted by Crippen LogP contribution is 2.02. The number of aromatic nitrogens is 3. The van der Waals surface area contributed by atoms with Gasteiger partial charge in [-0.05, 0) is 12.1 Å². The Morgan fingerprint density at radius 1 is 1.40 bits per heavy atom. The first-order chi connectivity index (χ1) is 4.86. The minimum absolute atomic E-state index is 0.693. The van der Waals surface area contributed by atoms with E-state index >= 15 is 0 Å². The summed E-state index contributed by atoms with van der Waals surface area (Å²) in [5.41, 5.74) is 7.00. The molecule has 0 aliphatic heterocycles. The van der Waals surface area contributed by atoms with Gasteiger partial charge in [0, 0.05) is 0 Å². The summed E-state index contributed by atoms with van der Waals surface area (Å²) in [5.74, 6) is 0. The summed E-state index contributed by atoms with van der Waals surface area (Å²) >= 11 is 0. The van der Waals surface area contributed by atoms with E-state index in [1.54, 1.807) is 16.8 Å². The Hall–Kier alpha value is -1.58. The van der Waals surface area contributed by atoms with Crippen molar-refractivity contribution in [1.82, 2.24) is 14.6 Å². The second kappa shape index (κ2) is 1.70. The number of nitrogens with two attached hydrogens (primary N) is 1. The molecule has 2 N–H and O–H groups in total. The number of rotatable bonds is 0. The number of pyridine rings is 1. The molecule has 0 fully saturated rings. The number of fused-ring (bicyclic) bond motifs is 1. The summed E-state index contributed by atoms with van der Waals surface area (Å²) in [6.07, 6.45) is 3.22. The van der Waals surface area contributed by atoms with Gasteiger partial charge in [0.2, 0.25) is 0 Å². The third-order valence-corrected chi connectivity index (χ3v) is 1.30. The topological polar surface area (TPSA) is 56.2 Å². The predicted molar refractivity (Wildman–Crippen MR) is 37.4 cm³/mol. The minimum Gasteiger partial charge on any atom is -0.397 e. The third kappa shape index (κ3) is 0.621. The third-order valence-electron chi connectivity index (χ3n) is 1.30. The van der Waals surface area contributed by atoms with E-state index in [-0.39, 0.29) is 0 Å². The maximum Gasteiger partial charge on any atom is 0.155 e. The summed E-state index contributed by atoms with van der Waals surface area (Å²) in [5, 5.41) is 3.91. The van der Waals surface area contributed by atoms with Crippen molar-refractivity contribution in [2.75, 3.05) is 5.73 Å². The molecular formula is C6H6N4. The largest absolute Gasteiger partial charge is 0.397 e. The first-order valence-corrected chi connectivity index (χ1v) is 2.91. The molecule has 4 heteroatoms. The second-order valence-corrected chi connectivity index (χ2v) is 2.03. The van der Waals surface area contributed by atoms with Crippen LogP contribution in [-0.4, -0.2) is 14.6 Å². The highest BCUT2D eigenvalue weighted by molar-refractivity contribution is 5.45. The lowest BCUT2D eigenvalue weighted by atomic mass is 10.4. The molecule has 2 rings (SSSR count). The fourth-order valence-corrected chi connectivity index (χ4v) is 0.833. The van der Waals surface area contributed by atoms with Crippen molar-refractivity contribution in [1.29, 1.82) is 0 Å². The maximum atomic E-state index is 5.49. The van der Waals surface area contributed by atoms with E-state index < -0.39 is 0 Å². The van der Waals surface area contributed by atoms with E-state index in [0.717, 1.165) is 5.65 Å². The van der Waals surface area contributed by atoms with Crippen molar-refractivity contribution in [3.63, 3.8) is 0 Å². The molecule has 0 aliphatic rings. The van der Waals surface area contributed by atoms with Gasteiger partial charge in [-0.2, -0.15) is 5.10 Å². The van der Waals surface area contributed by atoms with Gasteiger partial charge in [0.15, 0.2) is 5.65 Å². The van der Waals surface area contributed by atoms with Crippen LogP contribution in [0.1, 0.15) is 0 Å². The zero-order valence-corrected chi connectivity index (χ0v) is 5.23. The van der Waals surface area contributed by atoms with Crippen molar-refractivity contribution < 1.29 is 0 Å². The Morgan fingerprint density at radius 3 is 3.20 bits per heavy atom. The van der Waals surface area contributed by atoms with Gasteiger partial charge in [-0.25, -0.2) is 9.50 Å². The lowest BCUT2D eigenvalue weighted by Crippen LogP contribution is -1.90. The molecule has 2 aromatic rings. The normalized spacial score (nSPS) is 10.4. The number of anilines is 1. The Labute approximate surface area is 57.3 Å². The monoisotopic (exact) mass is 134 g/mol. The van der Waals surface area contributed by atoms with Gasteiger partial charge in [-0.1, -0.05) is 0 Å². The van der Waals surface area contributed by atoms with Gasteiger partial charge >= 0.3 is 0 Å². The highest BCUT2D eigenvalue weighted by Gasteiger charge is 1.91. The standard InChI is InChI=1S/C6H6N4/c7-5-1-2-6-8-4-9-10(6)3-5/h1-4H,7H2. The van der Waals surface area contributed by atoms with Crippen LogP contribution in [0.4, 0.5) is 5.69 Å². The molecular weight excluding hydrogens is 128 g/mol. The van der Waals surface area contributed by atoms with E-state index in [4.69, 9.17) is 5.73 Å². The minimum atomic E-state index is 0.693. The van der Waals surface area contributed by atoms with Gasteiger partial charge < -0.3 is 5.73 Å². The Kier molecular flexibility index (Phi) is 0.887. The smallest absolute Gasteiger partial charge is 0.155 e. The van der Waals surface area contributed by atoms with Crippen molar-refractivity contribution in [3.8, 4) is 0 Å². The fraction of sp³-hybridized carbons (Fsp3) is 0. The maximum absolute atomic E-state index is 5.49. The van der Waals surface area contributed by atoms with Gasteiger partial charge in [0.25, 0.3) is 0 Å². The van der Waals surface area contributed by atoms with Crippen LogP contribution in [0.3, 0.4) is 0 Å². The van der Waals surface area contributed by atoms with Crippen LogP contribution < -0.4 is 5.73 Å². The highest BCUT2D eigenvalue weighted by atomic mass is 15.3. The molecule has 0 radical (unpaired) electrons. The van der Waals surface area contributed by atoms with Gasteiger partial charge in [-0.15, -0.1) is 0 Å². The van der Waals surface area contributed by atoms with E-state index in [1.807, 2.05) is 6.07 Å². The molecule has 0 aliphatic carbocycles. The van der Waals surface area contributed by atoms with Crippen LogP contribution >= 0.6 is 0 Å². The quantitative estimate of drug-likeness (QED) is 0.564. The molecule has 0 amide bonds. The van der Waals surface area contributed by atoms with E-state index in [1.165, 1.54) is 6.33 Å². The zero-order chi connectivity index (χ0) is 6.97. The van der Waals surface area contributed by atoms with Gasteiger partial charge in [0.05, 0.1) is 11.9 Å². The average molecular weight is 134 g/mol. The molecule has 0 atom stereocenters. The predicted octanol–water partition coefficient (Wildman–Crippen LogP) is 0.311. The molecule has 2 heterocycles. The van der Waals surface area contributed by atoms with E-state index in [0.29, 0.717) is 5.69 Å². The van der Waals surface area contributed by atoms with Crippen molar-refractivity contribution in [2.24, 2.45) is 0 Å². The summed E-state index contributed by atoms with van der Waals surface area (Å²) in [6.45, 7) is 0. The molecule has 0 unspecified atom stereocenters. The van der Waals surface area contributed by atoms with E-state index in [9.17, 15) is 0 Å². The Morgan fingerprint density at radius 2 is 2.30 bits per heavy atom. The molecule has 0 saturated heterocycles. The average Bonchev–Trinajstić information content (AvgIpc) is 2.33. The van der Waals surface area contributed by atoms with Crippen LogP contribution in [0.15, 0.2) is 24.7 Å². The SMILES string of the molecule is Nc1ccc2ncnn2c1. The first-order valence-electron chi connectivity index (χ1n) is 2.91. The molecule has 4 nitrogen and oxygen atoms in total. The van der Waals surface area contributed by atoms with Crippen LogP contribution in [0, 0.1) is 0 Å². The van der Waals surface area contributed by atoms with Crippen molar-refractivity contribution in [2.45, 2.75) is 0 Å². The summed E-state index contributed by atoms with van der Waals surface area (Å²) in [7, 11) is 0. The van der Waals surface area contributed by atoms with Crippen LogP contribution in [0.2, 0.25) is 0 Å². The van der Waals surface area contributed by atoms with Crippen LogP contribution in [-0.2, 0) is 0 Å². The van der Waals surface area contributed by atoms with E-state index in [2.05, 4.69) is 10.1 Å². The first kappa shape index (κ1) is 5.22. The zero-order valence-electron chi connectivity index (χ0n) is 5.23. The van der Waals surface area contributed by atoms with Crippen molar-refractivity contribution >= 4 is 11.3 Å². The summed E-state index contributed by atoms with van der Waals surface area (Å²) in [6, 6.07) is 3.62. The number of nitrogen functional groups attached to an aromatic ring is 1. The Bertz CT molecular complexity index is 351. The number of hydrogen-bond donors (Lipinski definition) is 1. The second-order valence-electron chi connectivity index (χ2n) is 2.03. The lowest BCUT2D eigenvalue weighted by Gasteiger charge is -1.91. The number of hydrogen-bond acceptors (Lipinski definition) is 3. The Balaban J connectivity index is 2.86. The lowest BCUT2D eigenvalue weighted by molar-refractivity contribution is 0.963. The fourth-order valence-electron chi connectivity index (χ4n) is 0.833. The molecule has 2 aromatic heterocycles. The molecule has 10 heavy (non-hydrogen) atoms. The van der Waals surface area contributed by atoms with Gasteiger partial charge in [-0.3, -0.25) is 0 Å². The molecule has 0 spiro atoms. The summed E-state index contributed by atoms with van der Waals surface area (Å²) in [4.78, 5) is 3.96. The van der Waals surface area contributed by atoms with Crippen LogP contribution in [0.25, 0.3) is 5.65 Å².